The van der Waals surface area contributed by atoms with Crippen molar-refractivity contribution in [2.75, 3.05) is 13.2 Å². The van der Waals surface area contributed by atoms with Crippen molar-refractivity contribution in [3.8, 4) is 0 Å². The topological polar surface area (TPSA) is 54.4 Å². The van der Waals surface area contributed by atoms with E-state index in [1.807, 2.05) is 13.1 Å². The maximum atomic E-state index is 9.59. The van der Waals surface area contributed by atoms with E-state index in [-0.39, 0.29) is 18.2 Å². The highest BCUT2D eigenvalue weighted by Crippen LogP contribution is 2.21. The third-order valence-electron chi connectivity index (χ3n) is 2.58. The number of aromatic nitrogens is 1. The van der Waals surface area contributed by atoms with Crippen LogP contribution in [0, 0.1) is 6.92 Å². The normalized spacial score (nSPS) is 28.2. The molecule has 0 radical (unpaired) electrons. The minimum absolute atomic E-state index is 0.0439. The van der Waals surface area contributed by atoms with Gasteiger partial charge in [-0.2, -0.15) is 0 Å². The van der Waals surface area contributed by atoms with Gasteiger partial charge >= 0.3 is 0 Å². The van der Waals surface area contributed by atoms with E-state index in [1.54, 1.807) is 11.3 Å². The molecule has 0 aromatic carbocycles. The Morgan fingerprint density at radius 1 is 1.67 bits per heavy atom. The smallest absolute Gasteiger partial charge is 0.0948 e. The lowest BCUT2D eigenvalue weighted by molar-refractivity contribution is 0.121. The Hall–Kier alpha value is -0.490. The van der Waals surface area contributed by atoms with E-state index in [1.165, 1.54) is 4.88 Å². The van der Waals surface area contributed by atoms with E-state index in [2.05, 4.69) is 17.2 Å². The summed E-state index contributed by atoms with van der Waals surface area (Å²) in [6.07, 6.45) is 1.50. The summed E-state index contributed by atoms with van der Waals surface area (Å²) in [7, 11) is 0. The zero-order valence-electron chi connectivity index (χ0n) is 8.93. The van der Waals surface area contributed by atoms with Gasteiger partial charge in [-0.25, -0.2) is 4.98 Å². The molecule has 1 fully saturated rings. The van der Waals surface area contributed by atoms with Crippen molar-refractivity contribution in [3.63, 3.8) is 0 Å². The van der Waals surface area contributed by atoms with E-state index in [0.717, 1.165) is 5.01 Å². The number of ether oxygens (including phenoxy) is 1. The van der Waals surface area contributed by atoms with Gasteiger partial charge in [-0.15, -0.1) is 11.3 Å². The third kappa shape index (κ3) is 2.55. The zero-order valence-corrected chi connectivity index (χ0v) is 9.75. The Morgan fingerprint density at radius 3 is 3.00 bits per heavy atom. The van der Waals surface area contributed by atoms with Gasteiger partial charge < -0.3 is 15.2 Å². The maximum Gasteiger partial charge on any atom is 0.0948 e. The minimum Gasteiger partial charge on any atom is -0.389 e. The second-order valence-corrected chi connectivity index (χ2v) is 5.15. The van der Waals surface area contributed by atoms with Gasteiger partial charge in [0.25, 0.3) is 0 Å². The molecule has 1 aromatic rings. The van der Waals surface area contributed by atoms with Gasteiger partial charge in [0.05, 0.1) is 30.4 Å². The van der Waals surface area contributed by atoms with Crippen molar-refractivity contribution in [2.45, 2.75) is 32.0 Å². The predicted molar refractivity (Wildman–Crippen MR) is 59.0 cm³/mol. The van der Waals surface area contributed by atoms with Crippen LogP contribution < -0.4 is 5.32 Å². The number of rotatable bonds is 3. The largest absolute Gasteiger partial charge is 0.389 e. The van der Waals surface area contributed by atoms with Crippen molar-refractivity contribution in [1.29, 1.82) is 0 Å². The molecule has 5 heteroatoms. The van der Waals surface area contributed by atoms with Crippen molar-refractivity contribution in [2.24, 2.45) is 0 Å². The Balaban J connectivity index is 1.94. The van der Waals surface area contributed by atoms with Crippen LogP contribution in [-0.4, -0.2) is 35.5 Å². The second-order valence-electron chi connectivity index (χ2n) is 3.88. The van der Waals surface area contributed by atoms with Gasteiger partial charge in [0.1, 0.15) is 0 Å². The Kier molecular flexibility index (Phi) is 3.35. The quantitative estimate of drug-likeness (QED) is 0.805. The van der Waals surface area contributed by atoms with Crippen LogP contribution >= 0.6 is 11.3 Å². The number of hydrogen-bond acceptors (Lipinski definition) is 5. The van der Waals surface area contributed by atoms with Crippen LogP contribution in [0.3, 0.4) is 0 Å². The average Bonchev–Trinajstić information content (AvgIpc) is 2.77. The van der Waals surface area contributed by atoms with E-state index in [9.17, 15) is 5.11 Å². The summed E-state index contributed by atoms with van der Waals surface area (Å²) >= 11 is 1.68. The van der Waals surface area contributed by atoms with E-state index >= 15 is 0 Å². The van der Waals surface area contributed by atoms with Gasteiger partial charge in [0, 0.05) is 17.1 Å². The van der Waals surface area contributed by atoms with Crippen LogP contribution in [0.4, 0.5) is 0 Å². The Labute approximate surface area is 93.3 Å². The third-order valence-corrected chi connectivity index (χ3v) is 3.68. The van der Waals surface area contributed by atoms with Crippen LogP contribution in [0.15, 0.2) is 6.20 Å². The molecule has 1 saturated heterocycles. The summed E-state index contributed by atoms with van der Waals surface area (Å²) in [6.45, 7) is 5.10. The highest BCUT2D eigenvalue weighted by molar-refractivity contribution is 7.11. The number of aliphatic hydroxyl groups is 1. The SMILES string of the molecule is Cc1ncc(C(C)NC2COCC2O)s1. The zero-order chi connectivity index (χ0) is 10.8. The second kappa shape index (κ2) is 4.57. The van der Waals surface area contributed by atoms with Gasteiger partial charge in [0.15, 0.2) is 0 Å². The lowest BCUT2D eigenvalue weighted by Crippen LogP contribution is -2.39. The molecule has 0 saturated carbocycles. The van der Waals surface area contributed by atoms with Crippen LogP contribution in [0.2, 0.25) is 0 Å². The molecule has 3 unspecified atom stereocenters. The molecule has 84 valence electrons. The van der Waals surface area contributed by atoms with E-state index < -0.39 is 0 Å². The summed E-state index contributed by atoms with van der Waals surface area (Å²) in [6, 6.07) is 0.264. The molecule has 2 N–H and O–H groups in total. The van der Waals surface area contributed by atoms with Crippen LogP contribution in [-0.2, 0) is 4.74 Å². The Morgan fingerprint density at radius 2 is 2.47 bits per heavy atom. The monoisotopic (exact) mass is 228 g/mol. The van der Waals surface area contributed by atoms with E-state index in [4.69, 9.17) is 4.74 Å². The molecule has 2 heterocycles. The molecule has 0 aliphatic carbocycles. The predicted octanol–water partition coefficient (Wildman–Crippen LogP) is 0.862. The minimum atomic E-state index is -0.388. The number of thiazole rings is 1. The molecule has 0 bridgehead atoms. The number of nitrogens with one attached hydrogen (secondary N) is 1. The molecule has 15 heavy (non-hydrogen) atoms. The van der Waals surface area contributed by atoms with Crippen molar-refractivity contribution in [1.82, 2.24) is 10.3 Å². The van der Waals surface area contributed by atoms with Gasteiger partial charge in [-0.1, -0.05) is 0 Å². The number of aliphatic hydroxyl groups excluding tert-OH is 1. The fourth-order valence-corrected chi connectivity index (χ4v) is 2.48. The highest BCUT2D eigenvalue weighted by atomic mass is 32.1. The summed E-state index contributed by atoms with van der Waals surface area (Å²) in [4.78, 5) is 5.42. The molecule has 1 aliphatic heterocycles. The molecule has 2 rings (SSSR count). The highest BCUT2D eigenvalue weighted by Gasteiger charge is 2.27. The molecule has 3 atom stereocenters. The fourth-order valence-electron chi connectivity index (χ4n) is 1.68. The molecule has 0 amide bonds. The van der Waals surface area contributed by atoms with Gasteiger partial charge in [0.2, 0.25) is 0 Å². The summed E-state index contributed by atoms with van der Waals surface area (Å²) in [5.41, 5.74) is 0. The summed E-state index contributed by atoms with van der Waals surface area (Å²) in [5.74, 6) is 0. The summed E-state index contributed by atoms with van der Waals surface area (Å²) in [5, 5.41) is 14.0. The van der Waals surface area contributed by atoms with Gasteiger partial charge in [-0.05, 0) is 13.8 Å². The first-order chi connectivity index (χ1) is 7.16. The fraction of sp³-hybridized carbons (Fsp3) is 0.700. The van der Waals surface area contributed by atoms with Crippen LogP contribution in [0.5, 0.6) is 0 Å². The Bertz CT molecular complexity index is 329. The molecular formula is C10H16N2O2S. The molecule has 1 aromatic heterocycles. The molecule has 4 nitrogen and oxygen atoms in total. The maximum absolute atomic E-state index is 9.59. The van der Waals surface area contributed by atoms with Crippen LogP contribution in [0.1, 0.15) is 22.9 Å². The molecule has 1 aliphatic rings. The van der Waals surface area contributed by atoms with Crippen molar-refractivity contribution >= 4 is 11.3 Å². The lowest BCUT2D eigenvalue weighted by atomic mass is 10.2. The lowest BCUT2D eigenvalue weighted by Gasteiger charge is -2.19. The average molecular weight is 228 g/mol. The van der Waals surface area contributed by atoms with Crippen LogP contribution in [0.25, 0.3) is 0 Å². The standard InChI is InChI=1S/C10H16N2O2S/c1-6(10-3-11-7(2)15-10)12-8-4-14-5-9(8)13/h3,6,8-9,12-13H,4-5H2,1-2H3. The van der Waals surface area contributed by atoms with E-state index in [0.29, 0.717) is 13.2 Å². The first-order valence-corrected chi connectivity index (χ1v) is 5.92. The number of aryl methyl sites for hydroxylation is 1. The summed E-state index contributed by atoms with van der Waals surface area (Å²) < 4.78 is 5.19. The number of nitrogens with zero attached hydrogens (tertiary/aromatic N) is 1. The first kappa shape index (κ1) is 11.0. The number of hydrogen-bond donors (Lipinski definition) is 2. The van der Waals surface area contributed by atoms with Crippen molar-refractivity contribution in [3.05, 3.63) is 16.1 Å². The van der Waals surface area contributed by atoms with Gasteiger partial charge in [-0.3, -0.25) is 0 Å². The molecule has 0 spiro atoms. The van der Waals surface area contributed by atoms with Crippen molar-refractivity contribution < 1.29 is 9.84 Å². The molecular weight excluding hydrogens is 212 g/mol. The first-order valence-electron chi connectivity index (χ1n) is 5.11.